The Morgan fingerprint density at radius 2 is 1.78 bits per heavy atom. The number of rotatable bonds is 8. The predicted octanol–water partition coefficient (Wildman–Crippen LogP) is 4.28. The van der Waals surface area contributed by atoms with Gasteiger partial charge < -0.3 is 20.7 Å². The summed E-state index contributed by atoms with van der Waals surface area (Å²) in [5.41, 5.74) is 2.95. The van der Waals surface area contributed by atoms with Gasteiger partial charge in [0.1, 0.15) is 5.75 Å². The van der Waals surface area contributed by atoms with Crippen molar-refractivity contribution in [2.24, 2.45) is 4.99 Å². The summed E-state index contributed by atoms with van der Waals surface area (Å²) in [6, 6.07) is 16.0. The molecule has 1 fully saturated rings. The van der Waals surface area contributed by atoms with Gasteiger partial charge in [0.2, 0.25) is 0 Å². The highest BCUT2D eigenvalue weighted by Crippen LogP contribution is 2.23. The van der Waals surface area contributed by atoms with Crippen molar-refractivity contribution in [3.63, 3.8) is 0 Å². The molecule has 0 unspecified atom stereocenters. The molecule has 6 nitrogen and oxygen atoms in total. The molecule has 0 spiro atoms. The quantitative estimate of drug-likeness (QED) is 0.261. The first-order chi connectivity index (χ1) is 15.2. The molecule has 1 amide bonds. The normalized spacial score (nSPS) is 14.2. The highest BCUT2D eigenvalue weighted by molar-refractivity contribution is 14.0. The van der Waals surface area contributed by atoms with E-state index >= 15 is 0 Å². The van der Waals surface area contributed by atoms with E-state index in [1.807, 2.05) is 36.4 Å². The van der Waals surface area contributed by atoms with Gasteiger partial charge in [-0.25, -0.2) is 0 Å². The first-order valence-corrected chi connectivity index (χ1v) is 11.2. The molecular formula is C25H35IN4O2. The number of hydrogen-bond donors (Lipinski definition) is 3. The van der Waals surface area contributed by atoms with Crippen LogP contribution in [0, 0.1) is 0 Å². The first kappa shape index (κ1) is 26.0. The minimum absolute atomic E-state index is 0. The molecule has 2 aromatic carbocycles. The van der Waals surface area contributed by atoms with Crippen LogP contribution in [0.3, 0.4) is 0 Å². The van der Waals surface area contributed by atoms with Gasteiger partial charge >= 0.3 is 0 Å². The van der Waals surface area contributed by atoms with Gasteiger partial charge in [0, 0.05) is 32.7 Å². The van der Waals surface area contributed by atoms with Gasteiger partial charge in [0.05, 0.1) is 6.10 Å². The Morgan fingerprint density at radius 1 is 1.03 bits per heavy atom. The largest absolute Gasteiger partial charge is 0.490 e. The smallest absolute Gasteiger partial charge is 0.251 e. The minimum Gasteiger partial charge on any atom is -0.490 e. The molecule has 174 valence electrons. The number of carbonyl (C=O) groups excluding carboxylic acids is 1. The van der Waals surface area contributed by atoms with Crippen molar-refractivity contribution < 1.29 is 9.53 Å². The molecular weight excluding hydrogens is 515 g/mol. The highest BCUT2D eigenvalue weighted by atomic mass is 127. The van der Waals surface area contributed by atoms with Crippen molar-refractivity contribution in [3.05, 3.63) is 65.2 Å². The molecule has 1 aliphatic carbocycles. The maximum Gasteiger partial charge on any atom is 0.251 e. The molecule has 32 heavy (non-hydrogen) atoms. The van der Waals surface area contributed by atoms with E-state index in [1.54, 1.807) is 14.1 Å². The van der Waals surface area contributed by atoms with Crippen LogP contribution in [0.1, 0.15) is 53.6 Å². The summed E-state index contributed by atoms with van der Waals surface area (Å²) < 4.78 is 6.18. The van der Waals surface area contributed by atoms with Crippen LogP contribution in [0.15, 0.2) is 53.5 Å². The molecule has 1 aliphatic rings. The van der Waals surface area contributed by atoms with Crippen LogP contribution in [0.25, 0.3) is 0 Å². The predicted molar refractivity (Wildman–Crippen MR) is 141 cm³/mol. The summed E-state index contributed by atoms with van der Waals surface area (Å²) in [7, 11) is 3.41. The molecule has 0 saturated heterocycles. The zero-order chi connectivity index (χ0) is 21.9. The van der Waals surface area contributed by atoms with Crippen molar-refractivity contribution in [3.8, 4) is 5.75 Å². The number of benzene rings is 2. The van der Waals surface area contributed by atoms with Gasteiger partial charge in [0.25, 0.3) is 5.91 Å². The van der Waals surface area contributed by atoms with E-state index in [9.17, 15) is 4.79 Å². The van der Waals surface area contributed by atoms with E-state index in [2.05, 4.69) is 33.1 Å². The summed E-state index contributed by atoms with van der Waals surface area (Å²) >= 11 is 0. The number of nitrogens with one attached hydrogen (secondary N) is 3. The molecule has 0 atom stereocenters. The topological polar surface area (TPSA) is 74.8 Å². The van der Waals surface area contributed by atoms with E-state index in [4.69, 9.17) is 4.74 Å². The maximum absolute atomic E-state index is 11.8. The van der Waals surface area contributed by atoms with Crippen LogP contribution in [0.2, 0.25) is 0 Å². The second-order valence-corrected chi connectivity index (χ2v) is 7.91. The summed E-state index contributed by atoms with van der Waals surface area (Å²) in [6.07, 6.45) is 7.34. The van der Waals surface area contributed by atoms with Crippen LogP contribution >= 0.6 is 24.0 Å². The fourth-order valence-electron chi connectivity index (χ4n) is 3.85. The summed E-state index contributed by atoms with van der Waals surface area (Å²) in [5, 5.41) is 9.36. The van der Waals surface area contributed by atoms with Crippen molar-refractivity contribution in [2.75, 3.05) is 20.6 Å². The Hall–Kier alpha value is -2.29. The Morgan fingerprint density at radius 3 is 2.53 bits per heavy atom. The van der Waals surface area contributed by atoms with Crippen molar-refractivity contribution in [1.82, 2.24) is 16.0 Å². The van der Waals surface area contributed by atoms with Crippen molar-refractivity contribution in [2.45, 2.75) is 51.2 Å². The molecule has 3 N–H and O–H groups in total. The first-order valence-electron chi connectivity index (χ1n) is 11.2. The number of halogens is 1. The molecule has 7 heteroatoms. The SMILES string of the molecule is CN=C(NCCc1cccc(C(=O)NC)c1)NCc1cccc(OC2CCCCC2)c1.I. The number of guanidine groups is 1. The molecule has 0 aromatic heterocycles. The maximum atomic E-state index is 11.8. The molecule has 1 saturated carbocycles. The van der Waals surface area contributed by atoms with Crippen LogP contribution in [0.4, 0.5) is 0 Å². The summed E-state index contributed by atoms with van der Waals surface area (Å²) in [4.78, 5) is 16.1. The second kappa shape index (κ2) is 14.0. The summed E-state index contributed by atoms with van der Waals surface area (Å²) in [5.74, 6) is 1.63. The third-order valence-corrected chi connectivity index (χ3v) is 5.56. The number of nitrogens with zero attached hydrogens (tertiary/aromatic N) is 1. The molecule has 0 bridgehead atoms. The lowest BCUT2D eigenvalue weighted by atomic mass is 9.98. The van der Waals surface area contributed by atoms with Gasteiger partial charge in [-0.1, -0.05) is 30.7 Å². The zero-order valence-corrected chi connectivity index (χ0v) is 21.4. The average Bonchev–Trinajstić information content (AvgIpc) is 2.82. The monoisotopic (exact) mass is 550 g/mol. The third kappa shape index (κ3) is 8.33. The molecule has 0 heterocycles. The molecule has 2 aromatic rings. The van der Waals surface area contributed by atoms with Crippen LogP contribution in [-0.2, 0) is 13.0 Å². The standard InChI is InChI=1S/C25H34N4O2.HI/c1-26-24(30)21-10-6-8-19(16-21)14-15-28-25(27-2)29-18-20-9-7-13-23(17-20)31-22-11-4-3-5-12-22;/h6-10,13,16-17,22H,3-5,11-12,14-15,18H2,1-2H3,(H,26,30)(H2,27,28,29);1H. The summed E-state index contributed by atoms with van der Waals surface area (Å²) in [6.45, 7) is 1.40. The van der Waals surface area contributed by atoms with E-state index in [0.717, 1.165) is 48.6 Å². The fraction of sp³-hybridized carbons (Fsp3) is 0.440. The lowest BCUT2D eigenvalue weighted by Gasteiger charge is -2.23. The van der Waals surface area contributed by atoms with E-state index in [1.165, 1.54) is 19.3 Å². The van der Waals surface area contributed by atoms with E-state index in [0.29, 0.717) is 18.2 Å². The van der Waals surface area contributed by atoms with Crippen LogP contribution in [0.5, 0.6) is 5.75 Å². The average molecular weight is 550 g/mol. The van der Waals surface area contributed by atoms with Crippen LogP contribution in [-0.4, -0.2) is 38.6 Å². The zero-order valence-electron chi connectivity index (χ0n) is 19.0. The number of aliphatic imine (C=N–C) groups is 1. The molecule has 0 radical (unpaired) electrons. The Labute approximate surface area is 208 Å². The van der Waals surface area contributed by atoms with Gasteiger partial charge in [-0.05, 0) is 67.5 Å². The Kier molecular flexibility index (Phi) is 11.3. The number of ether oxygens (including phenoxy) is 1. The van der Waals surface area contributed by atoms with E-state index in [-0.39, 0.29) is 29.9 Å². The second-order valence-electron chi connectivity index (χ2n) is 7.91. The van der Waals surface area contributed by atoms with Gasteiger partial charge in [-0.2, -0.15) is 0 Å². The number of carbonyl (C=O) groups is 1. The molecule has 0 aliphatic heterocycles. The van der Waals surface area contributed by atoms with Crippen molar-refractivity contribution >= 4 is 35.8 Å². The van der Waals surface area contributed by atoms with Gasteiger partial charge in [-0.15, -0.1) is 24.0 Å². The Bertz CT molecular complexity index is 882. The number of hydrogen-bond acceptors (Lipinski definition) is 3. The number of amides is 1. The fourth-order valence-corrected chi connectivity index (χ4v) is 3.85. The van der Waals surface area contributed by atoms with Gasteiger partial charge in [-0.3, -0.25) is 9.79 Å². The van der Waals surface area contributed by atoms with Crippen LogP contribution < -0.4 is 20.7 Å². The molecule has 3 rings (SSSR count). The lowest BCUT2D eigenvalue weighted by Crippen LogP contribution is -2.37. The lowest BCUT2D eigenvalue weighted by molar-refractivity contribution is 0.0963. The van der Waals surface area contributed by atoms with E-state index < -0.39 is 0 Å². The third-order valence-electron chi connectivity index (χ3n) is 5.56. The Balaban J connectivity index is 0.00000363. The highest BCUT2D eigenvalue weighted by Gasteiger charge is 2.14. The van der Waals surface area contributed by atoms with Gasteiger partial charge in [0.15, 0.2) is 5.96 Å². The van der Waals surface area contributed by atoms with Crippen molar-refractivity contribution in [1.29, 1.82) is 0 Å². The minimum atomic E-state index is -0.0676.